The molecule has 2 aromatic heterocycles. The molecule has 3 aromatic rings. The van der Waals surface area contributed by atoms with Crippen LogP contribution in [0.5, 0.6) is 0 Å². The van der Waals surface area contributed by atoms with Crippen LogP contribution in [0.3, 0.4) is 0 Å². The van der Waals surface area contributed by atoms with Gasteiger partial charge in [0.2, 0.25) is 0 Å². The van der Waals surface area contributed by atoms with E-state index >= 15 is 0 Å². The largest absolute Gasteiger partial charge is 0.337 e. The highest BCUT2D eigenvalue weighted by Gasteiger charge is 2.20. The van der Waals surface area contributed by atoms with E-state index in [1.54, 1.807) is 35.0 Å². The van der Waals surface area contributed by atoms with Crippen molar-refractivity contribution in [3.63, 3.8) is 0 Å². The summed E-state index contributed by atoms with van der Waals surface area (Å²) >= 11 is 0. The van der Waals surface area contributed by atoms with E-state index in [0.29, 0.717) is 12.1 Å². The summed E-state index contributed by atoms with van der Waals surface area (Å²) in [5, 5.41) is 4.13. The summed E-state index contributed by atoms with van der Waals surface area (Å²) in [6.07, 6.45) is 3.65. The summed E-state index contributed by atoms with van der Waals surface area (Å²) in [6, 6.07) is 8.14. The number of nitrogens with zero attached hydrogens (tertiary/aromatic N) is 4. The Bertz CT molecular complexity index is 908. The molecule has 0 spiro atoms. The van der Waals surface area contributed by atoms with Crippen molar-refractivity contribution in [2.75, 3.05) is 7.05 Å². The Morgan fingerprint density at radius 3 is 2.52 bits per heavy atom. The van der Waals surface area contributed by atoms with Crippen molar-refractivity contribution in [1.82, 2.24) is 19.2 Å². The third kappa shape index (κ3) is 3.33. The van der Waals surface area contributed by atoms with Gasteiger partial charge in [-0.15, -0.1) is 0 Å². The van der Waals surface area contributed by atoms with Crippen LogP contribution in [0.4, 0.5) is 4.39 Å². The van der Waals surface area contributed by atoms with Crippen molar-refractivity contribution in [2.45, 2.75) is 20.4 Å². The number of benzene rings is 1. The van der Waals surface area contributed by atoms with Gasteiger partial charge >= 0.3 is 0 Å². The predicted octanol–water partition coefficient (Wildman–Crippen LogP) is 3.24. The minimum absolute atomic E-state index is 0.0506. The van der Waals surface area contributed by atoms with Gasteiger partial charge in [-0.2, -0.15) is 5.10 Å². The molecule has 0 bridgehead atoms. The predicted molar refractivity (Wildman–Crippen MR) is 94.2 cm³/mol. The molecule has 25 heavy (non-hydrogen) atoms. The number of rotatable bonds is 4. The van der Waals surface area contributed by atoms with E-state index in [1.165, 1.54) is 12.1 Å². The van der Waals surface area contributed by atoms with Gasteiger partial charge in [0.05, 0.1) is 11.8 Å². The molecule has 3 rings (SSSR count). The van der Waals surface area contributed by atoms with Crippen LogP contribution in [-0.2, 0) is 13.6 Å². The molecule has 0 atom stereocenters. The number of aryl methyl sites for hydroxylation is 2. The zero-order valence-electron chi connectivity index (χ0n) is 14.8. The molecule has 0 aliphatic heterocycles. The van der Waals surface area contributed by atoms with Crippen molar-refractivity contribution >= 4 is 5.91 Å². The standard InChI is InChI=1S/C19H21FN4O/c1-13-9-18(14(2)24(13)17-7-5-16(20)6-8-17)19(25)22(3)11-15-10-21-23(4)12-15/h5-10,12H,11H2,1-4H3. The number of aromatic nitrogens is 3. The summed E-state index contributed by atoms with van der Waals surface area (Å²) in [7, 11) is 3.63. The number of amides is 1. The first kappa shape index (κ1) is 17.0. The zero-order chi connectivity index (χ0) is 18.1. The minimum atomic E-state index is -0.279. The van der Waals surface area contributed by atoms with Gasteiger partial charge in [-0.25, -0.2) is 4.39 Å². The molecule has 1 aromatic carbocycles. The number of hydrogen-bond acceptors (Lipinski definition) is 2. The molecule has 130 valence electrons. The van der Waals surface area contributed by atoms with E-state index in [-0.39, 0.29) is 11.7 Å². The Labute approximate surface area is 146 Å². The normalized spacial score (nSPS) is 10.9. The maximum Gasteiger partial charge on any atom is 0.255 e. The second-order valence-corrected chi connectivity index (χ2v) is 6.28. The molecule has 0 N–H and O–H groups in total. The van der Waals surface area contributed by atoms with Gasteiger partial charge in [0.25, 0.3) is 5.91 Å². The van der Waals surface area contributed by atoms with Crippen LogP contribution in [0, 0.1) is 19.7 Å². The van der Waals surface area contributed by atoms with Crippen LogP contribution in [0.15, 0.2) is 42.7 Å². The molecule has 5 nitrogen and oxygen atoms in total. The molecule has 0 unspecified atom stereocenters. The van der Waals surface area contributed by atoms with Gasteiger partial charge in [-0.05, 0) is 44.2 Å². The summed E-state index contributed by atoms with van der Waals surface area (Å²) < 4.78 is 16.9. The molecule has 0 saturated carbocycles. The molecular formula is C19H21FN4O. The van der Waals surface area contributed by atoms with E-state index in [0.717, 1.165) is 22.6 Å². The third-order valence-electron chi connectivity index (χ3n) is 4.27. The summed E-state index contributed by atoms with van der Waals surface area (Å²) in [6.45, 7) is 4.34. The monoisotopic (exact) mass is 340 g/mol. The zero-order valence-corrected chi connectivity index (χ0v) is 14.8. The molecule has 0 aliphatic rings. The van der Waals surface area contributed by atoms with Crippen molar-refractivity contribution in [3.05, 3.63) is 71.1 Å². The van der Waals surface area contributed by atoms with Gasteiger partial charge in [0, 0.05) is 49.5 Å². The smallest absolute Gasteiger partial charge is 0.255 e. The van der Waals surface area contributed by atoms with Crippen LogP contribution in [0.25, 0.3) is 5.69 Å². The Morgan fingerprint density at radius 1 is 1.24 bits per heavy atom. The van der Waals surface area contributed by atoms with Crippen LogP contribution in [-0.4, -0.2) is 32.2 Å². The molecule has 0 saturated heterocycles. The van der Waals surface area contributed by atoms with Crippen LogP contribution in [0.1, 0.15) is 27.3 Å². The van der Waals surface area contributed by atoms with E-state index < -0.39 is 0 Å². The van der Waals surface area contributed by atoms with Crippen LogP contribution in [0.2, 0.25) is 0 Å². The average molecular weight is 340 g/mol. The molecule has 1 amide bonds. The van der Waals surface area contributed by atoms with Crippen LogP contribution < -0.4 is 0 Å². The number of carbonyl (C=O) groups is 1. The topological polar surface area (TPSA) is 43.1 Å². The first-order valence-electron chi connectivity index (χ1n) is 8.04. The summed E-state index contributed by atoms with van der Waals surface area (Å²) in [5.41, 5.74) is 4.23. The van der Waals surface area contributed by atoms with Crippen molar-refractivity contribution in [2.24, 2.45) is 7.05 Å². The van der Waals surface area contributed by atoms with Crippen molar-refractivity contribution in [1.29, 1.82) is 0 Å². The van der Waals surface area contributed by atoms with E-state index in [2.05, 4.69) is 5.10 Å². The highest BCUT2D eigenvalue weighted by atomic mass is 19.1. The van der Waals surface area contributed by atoms with Gasteiger partial charge in [-0.3, -0.25) is 9.48 Å². The molecule has 0 fully saturated rings. The number of halogens is 1. The van der Waals surface area contributed by atoms with Gasteiger partial charge in [0.15, 0.2) is 0 Å². The summed E-state index contributed by atoms with van der Waals surface area (Å²) in [5.74, 6) is -0.330. The number of hydrogen-bond donors (Lipinski definition) is 0. The first-order valence-corrected chi connectivity index (χ1v) is 8.04. The Morgan fingerprint density at radius 2 is 1.92 bits per heavy atom. The van der Waals surface area contributed by atoms with E-state index in [9.17, 15) is 9.18 Å². The van der Waals surface area contributed by atoms with E-state index in [1.807, 2.05) is 37.7 Å². The Balaban J connectivity index is 1.88. The third-order valence-corrected chi connectivity index (χ3v) is 4.27. The molecule has 0 radical (unpaired) electrons. The highest BCUT2D eigenvalue weighted by molar-refractivity contribution is 5.95. The quantitative estimate of drug-likeness (QED) is 0.732. The minimum Gasteiger partial charge on any atom is -0.337 e. The lowest BCUT2D eigenvalue weighted by Crippen LogP contribution is -2.26. The maximum atomic E-state index is 13.2. The van der Waals surface area contributed by atoms with E-state index in [4.69, 9.17) is 0 Å². The SMILES string of the molecule is Cc1cc(C(=O)N(C)Cc2cnn(C)c2)c(C)n1-c1ccc(F)cc1. The first-order chi connectivity index (χ1) is 11.9. The lowest BCUT2D eigenvalue weighted by molar-refractivity contribution is 0.0784. The van der Waals surface area contributed by atoms with Crippen molar-refractivity contribution in [3.8, 4) is 5.69 Å². The fourth-order valence-electron chi connectivity index (χ4n) is 3.07. The van der Waals surface area contributed by atoms with Gasteiger partial charge in [-0.1, -0.05) is 0 Å². The second-order valence-electron chi connectivity index (χ2n) is 6.28. The molecule has 0 aliphatic carbocycles. The number of carbonyl (C=O) groups excluding carboxylic acids is 1. The molecule has 6 heteroatoms. The summed E-state index contributed by atoms with van der Waals surface area (Å²) in [4.78, 5) is 14.5. The van der Waals surface area contributed by atoms with Gasteiger partial charge < -0.3 is 9.47 Å². The lowest BCUT2D eigenvalue weighted by atomic mass is 10.2. The second kappa shape index (κ2) is 6.55. The molecular weight excluding hydrogens is 319 g/mol. The lowest BCUT2D eigenvalue weighted by Gasteiger charge is -2.16. The van der Waals surface area contributed by atoms with Crippen LogP contribution >= 0.6 is 0 Å². The highest BCUT2D eigenvalue weighted by Crippen LogP contribution is 2.22. The maximum absolute atomic E-state index is 13.2. The Hall–Kier alpha value is -2.89. The molecule has 2 heterocycles. The fourth-order valence-corrected chi connectivity index (χ4v) is 3.07. The average Bonchev–Trinajstić information content (AvgIpc) is 3.11. The van der Waals surface area contributed by atoms with Gasteiger partial charge in [0.1, 0.15) is 5.82 Å². The van der Waals surface area contributed by atoms with Crippen molar-refractivity contribution < 1.29 is 9.18 Å². The Kier molecular flexibility index (Phi) is 4.44. The fraction of sp³-hybridized carbons (Fsp3) is 0.263.